The number of aryl methyl sites for hydroxylation is 2. The van der Waals surface area contributed by atoms with Gasteiger partial charge in [0.15, 0.2) is 5.82 Å². The first-order chi connectivity index (χ1) is 12.2. The van der Waals surface area contributed by atoms with Gasteiger partial charge in [0.2, 0.25) is 0 Å². The Morgan fingerprint density at radius 3 is 2.72 bits per heavy atom. The van der Waals surface area contributed by atoms with Crippen LogP contribution in [0.15, 0.2) is 36.4 Å². The van der Waals surface area contributed by atoms with Crippen molar-refractivity contribution in [3.8, 4) is 11.6 Å². The summed E-state index contributed by atoms with van der Waals surface area (Å²) in [6.07, 6.45) is 2.03. The first-order valence-corrected chi connectivity index (χ1v) is 8.45. The number of methoxy groups -OCH3 is 1. The van der Waals surface area contributed by atoms with Crippen LogP contribution in [0, 0.1) is 13.8 Å². The third-order valence-corrected chi connectivity index (χ3v) is 4.65. The van der Waals surface area contributed by atoms with Crippen LogP contribution < -0.4 is 10.1 Å². The summed E-state index contributed by atoms with van der Waals surface area (Å²) in [5.41, 5.74) is 4.58. The van der Waals surface area contributed by atoms with Gasteiger partial charge in [-0.2, -0.15) is 5.10 Å². The van der Waals surface area contributed by atoms with Gasteiger partial charge < -0.3 is 10.1 Å². The second kappa shape index (κ2) is 6.20. The topological polar surface area (TPSA) is 64.9 Å². The molecule has 0 aliphatic heterocycles. The normalized spacial score (nSPS) is 15.9. The second-order valence-electron chi connectivity index (χ2n) is 6.38. The summed E-state index contributed by atoms with van der Waals surface area (Å²) in [4.78, 5) is 0. The molecule has 0 saturated heterocycles. The highest BCUT2D eigenvalue weighted by Crippen LogP contribution is 2.38. The molecule has 1 aromatic carbocycles. The van der Waals surface area contributed by atoms with E-state index in [1.165, 1.54) is 11.1 Å². The SMILES string of the molecule is COc1cccc2c1CCC2Nc1ccc(-n2nc(C)cc2C)nn1. The van der Waals surface area contributed by atoms with Crippen molar-refractivity contribution in [1.29, 1.82) is 0 Å². The number of aromatic nitrogens is 4. The first kappa shape index (κ1) is 15.6. The summed E-state index contributed by atoms with van der Waals surface area (Å²) in [6, 6.07) is 12.4. The highest BCUT2D eigenvalue weighted by molar-refractivity contribution is 5.49. The van der Waals surface area contributed by atoms with Crippen LogP contribution in [0.4, 0.5) is 5.82 Å². The molecular formula is C19H21N5O. The van der Waals surface area contributed by atoms with Gasteiger partial charge in [0.1, 0.15) is 11.6 Å². The number of hydrogen-bond acceptors (Lipinski definition) is 5. The summed E-state index contributed by atoms with van der Waals surface area (Å²) in [5.74, 6) is 2.46. The number of anilines is 1. The van der Waals surface area contributed by atoms with Crippen molar-refractivity contribution in [3.63, 3.8) is 0 Å². The maximum Gasteiger partial charge on any atom is 0.176 e. The Balaban J connectivity index is 1.55. The molecule has 3 aromatic rings. The number of rotatable bonds is 4. The molecule has 0 bridgehead atoms. The van der Waals surface area contributed by atoms with E-state index in [1.807, 2.05) is 48.9 Å². The Morgan fingerprint density at radius 2 is 2.04 bits per heavy atom. The lowest BCUT2D eigenvalue weighted by atomic mass is 10.1. The lowest BCUT2D eigenvalue weighted by Crippen LogP contribution is -2.10. The Hall–Kier alpha value is -2.89. The van der Waals surface area contributed by atoms with Crippen LogP contribution >= 0.6 is 0 Å². The van der Waals surface area contributed by atoms with E-state index in [0.29, 0.717) is 0 Å². The molecule has 0 spiro atoms. The molecule has 128 valence electrons. The van der Waals surface area contributed by atoms with Crippen molar-refractivity contribution < 1.29 is 4.74 Å². The van der Waals surface area contributed by atoms with E-state index in [4.69, 9.17) is 4.74 Å². The first-order valence-electron chi connectivity index (χ1n) is 8.45. The zero-order valence-electron chi connectivity index (χ0n) is 14.7. The van der Waals surface area contributed by atoms with E-state index in [2.05, 4.69) is 26.7 Å². The molecule has 0 fully saturated rings. The van der Waals surface area contributed by atoms with Crippen molar-refractivity contribution >= 4 is 5.82 Å². The fourth-order valence-electron chi connectivity index (χ4n) is 3.52. The Morgan fingerprint density at radius 1 is 1.16 bits per heavy atom. The van der Waals surface area contributed by atoms with E-state index >= 15 is 0 Å². The molecule has 0 amide bonds. The third-order valence-electron chi connectivity index (χ3n) is 4.65. The number of hydrogen-bond donors (Lipinski definition) is 1. The average Bonchev–Trinajstić information content (AvgIpc) is 3.18. The molecule has 1 atom stereocenters. The van der Waals surface area contributed by atoms with Gasteiger partial charge in [0.25, 0.3) is 0 Å². The summed E-state index contributed by atoms with van der Waals surface area (Å²) < 4.78 is 7.28. The van der Waals surface area contributed by atoms with E-state index in [9.17, 15) is 0 Å². The van der Waals surface area contributed by atoms with E-state index < -0.39 is 0 Å². The molecule has 1 aliphatic rings. The molecule has 1 N–H and O–H groups in total. The molecular weight excluding hydrogens is 314 g/mol. The number of fused-ring (bicyclic) bond motifs is 1. The highest BCUT2D eigenvalue weighted by Gasteiger charge is 2.25. The van der Waals surface area contributed by atoms with Crippen molar-refractivity contribution in [1.82, 2.24) is 20.0 Å². The van der Waals surface area contributed by atoms with Gasteiger partial charge in [-0.05, 0) is 62.1 Å². The van der Waals surface area contributed by atoms with Gasteiger partial charge in [0, 0.05) is 5.69 Å². The van der Waals surface area contributed by atoms with Crippen molar-refractivity contribution in [3.05, 3.63) is 58.9 Å². The predicted octanol–water partition coefficient (Wildman–Crippen LogP) is 3.39. The fraction of sp³-hybridized carbons (Fsp3) is 0.316. The van der Waals surface area contributed by atoms with E-state index in [1.54, 1.807) is 7.11 Å². The minimum atomic E-state index is 0.235. The maximum absolute atomic E-state index is 5.47. The Kier molecular flexibility index (Phi) is 3.87. The molecule has 1 unspecified atom stereocenters. The quantitative estimate of drug-likeness (QED) is 0.792. The lowest BCUT2D eigenvalue weighted by molar-refractivity contribution is 0.410. The maximum atomic E-state index is 5.47. The van der Waals surface area contributed by atoms with Gasteiger partial charge in [-0.15, -0.1) is 10.2 Å². The van der Waals surface area contributed by atoms with Gasteiger partial charge in [0.05, 0.1) is 18.8 Å². The minimum absolute atomic E-state index is 0.235. The van der Waals surface area contributed by atoms with Crippen LogP contribution in [0.3, 0.4) is 0 Å². The van der Waals surface area contributed by atoms with Crippen LogP contribution in [0.1, 0.15) is 35.0 Å². The lowest BCUT2D eigenvalue weighted by Gasteiger charge is -2.15. The molecule has 6 heteroatoms. The number of ether oxygens (including phenoxy) is 1. The van der Waals surface area contributed by atoms with Crippen LogP contribution in [0.2, 0.25) is 0 Å². The smallest absolute Gasteiger partial charge is 0.176 e. The predicted molar refractivity (Wildman–Crippen MR) is 96.3 cm³/mol. The van der Waals surface area contributed by atoms with Crippen molar-refractivity contribution in [2.45, 2.75) is 32.7 Å². The van der Waals surface area contributed by atoms with Crippen molar-refractivity contribution in [2.75, 3.05) is 12.4 Å². The number of nitrogens with zero attached hydrogens (tertiary/aromatic N) is 4. The minimum Gasteiger partial charge on any atom is -0.496 e. The van der Waals surface area contributed by atoms with Gasteiger partial charge in [-0.1, -0.05) is 12.1 Å². The summed E-state index contributed by atoms with van der Waals surface area (Å²) in [5, 5.41) is 16.6. The van der Waals surface area contributed by atoms with Gasteiger partial charge >= 0.3 is 0 Å². The zero-order valence-corrected chi connectivity index (χ0v) is 14.7. The monoisotopic (exact) mass is 335 g/mol. The largest absolute Gasteiger partial charge is 0.496 e. The molecule has 2 aromatic heterocycles. The molecule has 2 heterocycles. The zero-order chi connectivity index (χ0) is 17.4. The average molecular weight is 335 g/mol. The van der Waals surface area contributed by atoms with Crippen LogP contribution in [0.25, 0.3) is 5.82 Å². The Labute approximate surface area is 146 Å². The fourth-order valence-corrected chi connectivity index (χ4v) is 3.52. The van der Waals surface area contributed by atoms with Gasteiger partial charge in [-0.3, -0.25) is 0 Å². The second-order valence-corrected chi connectivity index (χ2v) is 6.38. The van der Waals surface area contributed by atoms with Crippen molar-refractivity contribution in [2.24, 2.45) is 0 Å². The van der Waals surface area contributed by atoms with Crippen LogP contribution in [-0.4, -0.2) is 27.1 Å². The van der Waals surface area contributed by atoms with Gasteiger partial charge in [-0.25, -0.2) is 4.68 Å². The van der Waals surface area contributed by atoms with Crippen LogP contribution in [0.5, 0.6) is 5.75 Å². The molecule has 0 saturated carbocycles. The molecule has 4 rings (SSSR count). The summed E-state index contributed by atoms with van der Waals surface area (Å²) in [7, 11) is 1.72. The highest BCUT2D eigenvalue weighted by atomic mass is 16.5. The molecule has 25 heavy (non-hydrogen) atoms. The Bertz CT molecular complexity index is 901. The van der Waals surface area contributed by atoms with E-state index in [-0.39, 0.29) is 6.04 Å². The third kappa shape index (κ3) is 2.84. The number of benzene rings is 1. The van der Waals surface area contributed by atoms with Crippen LogP contribution in [-0.2, 0) is 6.42 Å². The molecule has 0 radical (unpaired) electrons. The molecule has 1 aliphatic carbocycles. The summed E-state index contributed by atoms with van der Waals surface area (Å²) >= 11 is 0. The van der Waals surface area contributed by atoms with E-state index in [0.717, 1.165) is 41.6 Å². The molecule has 6 nitrogen and oxygen atoms in total. The summed E-state index contributed by atoms with van der Waals surface area (Å²) in [6.45, 7) is 3.98. The number of nitrogens with one attached hydrogen (secondary N) is 1. The standard InChI is InChI=1S/C19H21N5O/c1-12-11-13(2)24(23-12)19-10-9-18(21-22-19)20-16-8-7-15-14(16)5-4-6-17(15)25-3/h4-6,9-11,16H,7-8H2,1-3H3,(H,20,21).